The molecule has 19 rings (SSSR count). The highest BCUT2D eigenvalue weighted by molar-refractivity contribution is 9.11. The second kappa shape index (κ2) is 53.7. The zero-order chi connectivity index (χ0) is 107. The Morgan fingerprint density at radius 3 is 2.05 bits per heavy atom. The Labute approximate surface area is 903 Å². The molecule has 32 nitrogen and oxygen atoms in total. The van der Waals surface area contributed by atoms with Gasteiger partial charge in [0, 0.05) is 82.0 Å². The van der Waals surface area contributed by atoms with Crippen molar-refractivity contribution in [2.75, 3.05) is 28.7 Å². The maximum absolute atomic E-state index is 13.0. The molecular formula is C108H104BrClN16O16S8. The van der Waals surface area contributed by atoms with Crippen molar-refractivity contribution in [3.8, 4) is 45.6 Å². The lowest BCUT2D eigenvalue weighted by molar-refractivity contribution is -0.384. The molecule has 11 aromatic carbocycles. The van der Waals surface area contributed by atoms with Gasteiger partial charge >= 0.3 is 0 Å². The van der Waals surface area contributed by atoms with Gasteiger partial charge in [0.1, 0.15) is 32.2 Å². The number of hydrogen-bond donors (Lipinski definition) is 8. The lowest BCUT2D eigenvalue weighted by Gasteiger charge is -2.23. The number of thiophene rings is 2. The van der Waals surface area contributed by atoms with Crippen molar-refractivity contribution in [1.29, 1.82) is 0 Å². The number of aromatic amines is 1. The molecule has 0 bridgehead atoms. The number of amides is 2. The van der Waals surface area contributed by atoms with Crippen LogP contribution >= 0.6 is 85.9 Å². The molecule has 8 N–H and O–H groups in total. The number of ketones is 2. The first-order valence-corrected chi connectivity index (χ1v) is 56.2. The zero-order valence-corrected chi connectivity index (χ0v) is 91.4. The summed E-state index contributed by atoms with van der Waals surface area (Å²) in [6, 6.07) is 81.8. The number of furan rings is 1. The van der Waals surface area contributed by atoms with Crippen LogP contribution in [0.4, 0.5) is 17.1 Å². The Balaban J connectivity index is 0.000000147. The highest BCUT2D eigenvalue weighted by Gasteiger charge is 2.27. The van der Waals surface area contributed by atoms with Crippen molar-refractivity contribution in [2.45, 2.75) is 132 Å². The van der Waals surface area contributed by atoms with E-state index in [0.29, 0.717) is 96.5 Å². The van der Waals surface area contributed by atoms with Crippen molar-refractivity contribution in [3.05, 3.63) is 387 Å². The fourth-order valence-electron chi connectivity index (χ4n) is 15.1. The Kier molecular flexibility index (Phi) is 40.4. The number of carbonyl (C=O) groups excluding carboxylic acids is 4. The summed E-state index contributed by atoms with van der Waals surface area (Å²) in [4.78, 5) is 65.7. The predicted molar refractivity (Wildman–Crippen MR) is 596 cm³/mol. The van der Waals surface area contributed by atoms with E-state index < -0.39 is 35.0 Å². The SMILES string of the molecule is CC(=O)CSc1ncc(-c2ccc([N+](=O)[O-])cc2)[nH]1.CCn1nnnc1-c1ccc(OC)c(S(=O)(=O)Nc2cc(C)ccc2Cl)c1.Cc1ccc(CNS(=O)(=O)c2ccc(Br)s2)cc1.Cc1cccc(C(=O)N/N=C2/CC(C)Cc3cc(O)ccc32)c1.Cc1cccc(CC(=O)CSc2nnc(-c3ccccc3)o2)c1.Cc1cccc(S(=O)(=O)NCc2cccs2)c1.O=C(NC(=S)Nc1ccc2c3c(cccc13)CC2)c1ccco1. The fourth-order valence-corrected chi connectivity index (χ4v) is 23.0. The molecule has 1 atom stereocenters. The predicted octanol–water partition coefficient (Wildman–Crippen LogP) is 22.7. The highest BCUT2D eigenvalue weighted by Crippen LogP contribution is 2.38. The number of benzene rings is 11. The number of imidazole rings is 1. The number of hydrazone groups is 1. The summed E-state index contributed by atoms with van der Waals surface area (Å²) < 4.78 is 100. The Hall–Kier alpha value is -14.3. The molecule has 2 aliphatic rings. The first kappa shape index (κ1) is 113. The summed E-state index contributed by atoms with van der Waals surface area (Å²) in [5, 5.41) is 55.8. The molecule has 0 saturated carbocycles. The molecule has 17 aromatic rings. The molecule has 42 heteroatoms. The highest BCUT2D eigenvalue weighted by atomic mass is 79.9. The standard InChI is InChI=1S/C19H20N2O2.C18H14N2O2S.C18H16N2O2S.C17H18ClN5O3S.C12H12BrNO2S2.C12H11N3O3S.C12H13NO2S2/c1-12-4-3-5-14(8-12)19(23)21-20-18-10-13(2)9-15-11-16(22)6-7-17(15)18;21-17(15-5-2-10-22-15)20-18(23)19-14-9-8-12-7-6-11-3-1-4-13(14)16(11)12;1-13-6-5-7-14(10-13)11-16(21)12-23-18-20-19-17(22-18)15-8-3-2-4-9-15;1-4-23-17(19-21-22-23)12-6-8-15(26-3)16(10-12)27(24,25)20-14-9-11(2)5-7-13(14)18;1-9-2-4-10(5-3-9)8-14-18(15,16)12-7-6-11(13)17-12;1-8(16)7-19-12-13-6-11(14-12)9-2-4-10(5-3-9)15(17)18;1-10-4-2-6-12(8-10)17(14,15)13-9-11-5-3-7-16-11/h3-8,11,13,22H,9-10H2,1-2H3,(H,21,23);1-5,8-10H,6-7H2,(H2,19,20,21,23);2-10H,11-12H2,1H3;5-10,20H,4H2,1-3H3;2-7,14H,8H2,1H3;2-6H,7H2,1H3,(H,13,14);2-8,13H,9H2,1H3/b20-18-;;;;;;. The number of fused-ring (bicyclic) bond motifs is 1. The van der Waals surface area contributed by atoms with E-state index in [1.165, 1.54) is 101 Å². The molecule has 0 fully saturated rings. The van der Waals surface area contributed by atoms with E-state index in [1.54, 1.807) is 114 Å². The number of carbonyl (C=O) groups is 4. The number of nitrogens with zero attached hydrogens (tertiary/aromatic N) is 9. The zero-order valence-electron chi connectivity index (χ0n) is 82.5. The third kappa shape index (κ3) is 32.8. The number of nitrogens with one attached hydrogen (secondary N) is 7. The number of aromatic nitrogens is 8. The molecular weight excluding hydrogens is 2150 g/mol. The summed E-state index contributed by atoms with van der Waals surface area (Å²) in [7, 11) is -9.37. The Morgan fingerprint density at radius 1 is 0.660 bits per heavy atom. The van der Waals surface area contributed by atoms with E-state index >= 15 is 0 Å². The molecule has 2 amide bonds. The minimum atomic E-state index is -3.97. The number of anilines is 2. The van der Waals surface area contributed by atoms with E-state index in [-0.39, 0.29) is 56.3 Å². The van der Waals surface area contributed by atoms with Crippen LogP contribution in [0.5, 0.6) is 11.5 Å². The van der Waals surface area contributed by atoms with Gasteiger partial charge in [-0.05, 0) is 302 Å². The molecule has 1 unspecified atom stereocenters. The number of phenolic OH excluding ortho intramolecular Hbond substituents is 1. The molecule has 6 heterocycles. The van der Waals surface area contributed by atoms with E-state index in [0.717, 1.165) is 118 Å². The summed E-state index contributed by atoms with van der Waals surface area (Å²) in [5.74, 6) is 2.40. The topological polar surface area (TPSA) is 452 Å². The maximum Gasteiger partial charge on any atom is 0.293 e. The van der Waals surface area contributed by atoms with Gasteiger partial charge in [-0.2, -0.15) is 5.10 Å². The fraction of sp³-hybridized carbons (Fsp3) is 0.185. The van der Waals surface area contributed by atoms with Crippen LogP contribution in [-0.4, -0.2) is 128 Å². The van der Waals surface area contributed by atoms with Gasteiger partial charge in [-0.1, -0.05) is 186 Å². The number of thiocarbonyl (C=S) groups is 1. The lowest BCUT2D eigenvalue weighted by Crippen LogP contribution is -2.33. The number of sulfonamides is 3. The first-order chi connectivity index (χ1) is 71.9. The Morgan fingerprint density at radius 2 is 1.37 bits per heavy atom. The number of aryl methyl sites for hydroxylation is 8. The van der Waals surface area contributed by atoms with Gasteiger partial charge in [0.2, 0.25) is 25.9 Å². The first-order valence-electron chi connectivity index (χ1n) is 46.5. The molecule has 2 aliphatic carbocycles. The third-order valence-electron chi connectivity index (χ3n) is 22.4. The van der Waals surface area contributed by atoms with E-state index in [2.05, 4.69) is 118 Å². The molecule has 0 saturated heterocycles. The number of nitro benzene ring substituents is 1. The van der Waals surface area contributed by atoms with Crippen molar-refractivity contribution in [3.63, 3.8) is 0 Å². The second-order valence-corrected chi connectivity index (χ2v) is 45.8. The molecule has 0 radical (unpaired) electrons. The number of tetrazole rings is 1. The van der Waals surface area contributed by atoms with Crippen molar-refractivity contribution >= 4 is 178 Å². The van der Waals surface area contributed by atoms with Crippen molar-refractivity contribution in [2.24, 2.45) is 11.0 Å². The maximum atomic E-state index is 13.0. The largest absolute Gasteiger partial charge is 0.508 e. The number of H-pyrrole nitrogens is 1. The van der Waals surface area contributed by atoms with Crippen LogP contribution < -0.4 is 35.0 Å². The number of ether oxygens (including phenoxy) is 1. The van der Waals surface area contributed by atoms with Gasteiger partial charge in [0.05, 0.1) is 66.8 Å². The molecule has 6 aromatic heterocycles. The molecule has 150 heavy (non-hydrogen) atoms. The van der Waals surface area contributed by atoms with E-state index in [1.807, 2.05) is 174 Å². The number of phenols is 1. The van der Waals surface area contributed by atoms with Crippen LogP contribution in [0.15, 0.2) is 333 Å². The summed E-state index contributed by atoms with van der Waals surface area (Å²) >= 11 is 20.0. The van der Waals surface area contributed by atoms with E-state index in [4.69, 9.17) is 37.4 Å². The summed E-state index contributed by atoms with van der Waals surface area (Å²) in [5.41, 5.74) is 20.3. The van der Waals surface area contributed by atoms with Gasteiger partial charge in [-0.3, -0.25) is 39.3 Å². The lowest BCUT2D eigenvalue weighted by atomic mass is 9.83. The van der Waals surface area contributed by atoms with Gasteiger partial charge in [-0.25, -0.2) is 49.8 Å². The number of thioether (sulfide) groups is 2. The van der Waals surface area contributed by atoms with E-state index in [9.17, 15) is 59.7 Å². The average molecular weight is 2250 g/mol. The third-order valence-corrected chi connectivity index (χ3v) is 32.0. The number of nitro groups is 1. The van der Waals surface area contributed by atoms with Crippen molar-refractivity contribution in [1.82, 2.24) is 60.6 Å². The van der Waals surface area contributed by atoms with Crippen LogP contribution in [0.25, 0.3) is 44.9 Å². The van der Waals surface area contributed by atoms with Crippen LogP contribution in [0.2, 0.25) is 5.02 Å². The molecule has 0 aliphatic heterocycles. The van der Waals surface area contributed by atoms with Gasteiger partial charge in [0.25, 0.3) is 32.7 Å². The number of rotatable bonds is 29. The number of halogens is 2. The molecule has 0 spiro atoms. The second-order valence-electron chi connectivity index (χ2n) is 34.2. The van der Waals surface area contributed by atoms with Crippen LogP contribution in [0, 0.1) is 50.7 Å². The number of non-ortho nitro benzene ring substituents is 1. The number of aromatic hydroxyl groups is 1. The van der Waals surface area contributed by atoms with Crippen molar-refractivity contribution < 1.29 is 68.0 Å². The average Bonchev–Trinajstić information content (AvgIpc) is 1.66. The van der Waals surface area contributed by atoms with Crippen LogP contribution in [0.1, 0.15) is 114 Å². The quantitative estimate of drug-likeness (QED) is 0.00934. The summed E-state index contributed by atoms with van der Waals surface area (Å²) in [6.07, 6.45) is 7.40. The summed E-state index contributed by atoms with van der Waals surface area (Å²) in [6.45, 7) is 16.4. The minimum absolute atomic E-state index is 0.0364. The Bertz CT molecular complexity index is 8010. The monoisotopic (exact) mass is 2250 g/mol. The van der Waals surface area contributed by atoms with Gasteiger partial charge < -0.3 is 29.0 Å². The number of methoxy groups -OCH3 is 1. The number of hydrogen-bond acceptors (Lipinski definition) is 28. The minimum Gasteiger partial charge on any atom is -0.508 e. The normalized spacial score (nSPS) is 12.4. The number of Topliss-reactive ketones (excluding diaryl/α,β-unsaturated/α-hetero) is 2. The van der Waals surface area contributed by atoms with Gasteiger partial charge in [-0.15, -0.1) is 38.0 Å². The van der Waals surface area contributed by atoms with Crippen LogP contribution in [0.3, 0.4) is 0 Å². The van der Waals surface area contributed by atoms with Crippen LogP contribution in [-0.2, 0) is 85.0 Å². The van der Waals surface area contributed by atoms with Gasteiger partial charge in [0.15, 0.2) is 21.9 Å². The molecule has 774 valence electrons. The smallest absolute Gasteiger partial charge is 0.293 e.